The number of Topliss-reactive ketones (excluding diaryl/α,β-unsaturated/α-hetero) is 1. The van der Waals surface area contributed by atoms with Crippen molar-refractivity contribution in [1.29, 1.82) is 0 Å². The molecule has 5 atom stereocenters. The van der Waals surface area contributed by atoms with E-state index in [0.717, 1.165) is 11.3 Å². The van der Waals surface area contributed by atoms with Crippen LogP contribution in [0.15, 0.2) is 30.3 Å². The first-order chi connectivity index (χ1) is 28.7. The molecule has 1 saturated carbocycles. The molecule has 2 fully saturated rings. The lowest BCUT2D eigenvalue weighted by molar-refractivity contribution is -0.143. The average molecular weight is 863 g/mol. The minimum Gasteiger partial charge on any atom is -0.478 e. The molecule has 0 bridgehead atoms. The van der Waals surface area contributed by atoms with E-state index in [1.165, 1.54) is 0 Å². The number of rotatable bonds is 17. The lowest BCUT2D eigenvalue weighted by Crippen LogP contribution is -2.58. The van der Waals surface area contributed by atoms with E-state index in [-0.39, 0.29) is 25.8 Å². The lowest BCUT2D eigenvalue weighted by atomic mass is 9.83. The van der Waals surface area contributed by atoms with Gasteiger partial charge in [0.25, 0.3) is 11.8 Å². The van der Waals surface area contributed by atoms with Crippen LogP contribution in [0.4, 0.5) is 17.6 Å². The number of hydrogen-bond acceptors (Lipinski definition) is 9. The molecule has 1 heterocycles. The molecule has 2 aromatic rings. The monoisotopic (exact) mass is 862 g/mol. The number of ether oxygens (including phenoxy) is 1. The molecular weight excluding hydrogens is 812 g/mol. The summed E-state index contributed by atoms with van der Waals surface area (Å²) in [5, 5.41) is 18.8. The van der Waals surface area contributed by atoms with E-state index < -0.39 is 130 Å². The van der Waals surface area contributed by atoms with Gasteiger partial charge in [-0.15, -0.1) is 0 Å². The van der Waals surface area contributed by atoms with Crippen LogP contribution in [0.2, 0.25) is 0 Å². The summed E-state index contributed by atoms with van der Waals surface area (Å²) in [6.45, 7) is 5.83. The van der Waals surface area contributed by atoms with E-state index in [1.807, 2.05) is 0 Å². The Kier molecular flexibility index (Phi) is 16.1. The lowest BCUT2D eigenvalue weighted by Gasteiger charge is -2.35. The van der Waals surface area contributed by atoms with Gasteiger partial charge in [-0.05, 0) is 51.5 Å². The Morgan fingerprint density at radius 3 is 2.03 bits per heavy atom. The number of amides is 6. The first-order valence-electron chi connectivity index (χ1n) is 19.8. The van der Waals surface area contributed by atoms with Gasteiger partial charge in [-0.25, -0.2) is 22.4 Å². The van der Waals surface area contributed by atoms with Crippen LogP contribution in [0.1, 0.15) is 111 Å². The van der Waals surface area contributed by atoms with E-state index in [4.69, 9.17) is 10.5 Å². The Morgan fingerprint density at radius 1 is 0.869 bits per heavy atom. The van der Waals surface area contributed by atoms with Crippen LogP contribution >= 0.6 is 0 Å². The smallest absolute Gasteiger partial charge is 0.339 e. The summed E-state index contributed by atoms with van der Waals surface area (Å²) in [6, 6.07) is 2.31. The summed E-state index contributed by atoms with van der Waals surface area (Å²) in [5.41, 5.74) is 1.54. The molecule has 7 N–H and O–H groups in total. The van der Waals surface area contributed by atoms with E-state index in [2.05, 4.69) is 21.3 Å². The zero-order valence-electron chi connectivity index (χ0n) is 34.1. The van der Waals surface area contributed by atoms with Gasteiger partial charge in [0.05, 0.1) is 29.9 Å². The third kappa shape index (κ3) is 11.9. The molecule has 5 unspecified atom stereocenters. The third-order valence-corrected chi connectivity index (χ3v) is 10.3. The molecule has 332 valence electrons. The van der Waals surface area contributed by atoms with E-state index in [0.29, 0.717) is 31.2 Å². The number of ketones is 1. The van der Waals surface area contributed by atoms with Gasteiger partial charge in [-0.2, -0.15) is 0 Å². The number of carbonyl (C=O) groups excluding carboxylic acids is 7. The second-order valence-electron chi connectivity index (χ2n) is 16.0. The van der Waals surface area contributed by atoms with Crippen molar-refractivity contribution in [2.75, 3.05) is 13.1 Å². The molecule has 61 heavy (non-hydrogen) atoms. The SMILES string of the molecule is CCCC(NC(=O)C1CC(OC(C)(C)C)CN1C(=O)C(NC(=O)c1c(F)c(F)c(F)c(F)c1C(=O)O)C1CCCCC1)C(=O)C(=O)NCC(=O)NC(C(N)=O)c1ccccc1. The van der Waals surface area contributed by atoms with Gasteiger partial charge >= 0.3 is 5.97 Å². The summed E-state index contributed by atoms with van der Waals surface area (Å²) >= 11 is 0. The normalized spacial score (nSPS) is 18.3. The van der Waals surface area contributed by atoms with Crippen molar-refractivity contribution in [2.45, 2.75) is 115 Å². The molecular formula is C41H50F4N6O10. The van der Waals surface area contributed by atoms with Gasteiger partial charge in [0.1, 0.15) is 23.7 Å². The summed E-state index contributed by atoms with van der Waals surface area (Å²) < 4.78 is 64.2. The predicted molar refractivity (Wildman–Crippen MR) is 207 cm³/mol. The Hall–Kier alpha value is -5.92. The largest absolute Gasteiger partial charge is 0.478 e. The molecule has 0 radical (unpaired) electrons. The summed E-state index contributed by atoms with van der Waals surface area (Å²) in [6.07, 6.45) is 1.80. The van der Waals surface area contributed by atoms with Gasteiger partial charge in [0.15, 0.2) is 23.3 Å². The first-order valence-corrected chi connectivity index (χ1v) is 19.8. The fourth-order valence-electron chi connectivity index (χ4n) is 7.57. The highest BCUT2D eigenvalue weighted by Crippen LogP contribution is 2.32. The molecule has 1 saturated heterocycles. The van der Waals surface area contributed by atoms with Crippen molar-refractivity contribution in [3.63, 3.8) is 0 Å². The highest BCUT2D eigenvalue weighted by Gasteiger charge is 2.47. The van der Waals surface area contributed by atoms with Crippen LogP contribution in [-0.2, 0) is 33.5 Å². The Morgan fingerprint density at radius 2 is 1.48 bits per heavy atom. The fourth-order valence-corrected chi connectivity index (χ4v) is 7.57. The van der Waals surface area contributed by atoms with Crippen molar-refractivity contribution in [1.82, 2.24) is 26.2 Å². The third-order valence-electron chi connectivity index (χ3n) is 10.3. The van der Waals surface area contributed by atoms with Crippen LogP contribution in [0.5, 0.6) is 0 Å². The molecule has 2 aliphatic rings. The number of carboxylic acid groups (broad SMARTS) is 1. The quantitative estimate of drug-likeness (QED) is 0.0588. The Labute approximate surface area is 348 Å². The number of primary amides is 1. The minimum absolute atomic E-state index is 0.0620. The first kappa shape index (κ1) is 47.8. The number of nitrogens with two attached hydrogens (primary N) is 1. The number of carbonyl (C=O) groups is 8. The zero-order chi connectivity index (χ0) is 45.3. The molecule has 4 rings (SSSR count). The molecule has 2 aromatic carbocycles. The maximum Gasteiger partial charge on any atom is 0.339 e. The van der Waals surface area contributed by atoms with E-state index in [1.54, 1.807) is 58.0 Å². The van der Waals surface area contributed by atoms with Crippen LogP contribution in [0.3, 0.4) is 0 Å². The number of aromatic carboxylic acids is 1. The number of carboxylic acids is 1. The number of nitrogens with one attached hydrogen (secondary N) is 4. The number of likely N-dealkylation sites (tertiary alicyclic amines) is 1. The van der Waals surface area contributed by atoms with Crippen LogP contribution < -0.4 is 27.0 Å². The van der Waals surface area contributed by atoms with E-state index >= 15 is 4.39 Å². The van der Waals surface area contributed by atoms with Crippen molar-refractivity contribution < 1.29 is 65.8 Å². The predicted octanol–water partition coefficient (Wildman–Crippen LogP) is 2.72. The highest BCUT2D eigenvalue weighted by molar-refractivity contribution is 6.38. The van der Waals surface area contributed by atoms with Gasteiger partial charge in [0, 0.05) is 13.0 Å². The zero-order valence-corrected chi connectivity index (χ0v) is 34.1. The molecule has 6 amide bonds. The molecule has 1 aliphatic heterocycles. The Balaban J connectivity index is 1.58. The summed E-state index contributed by atoms with van der Waals surface area (Å²) in [7, 11) is 0. The maximum absolute atomic E-state index is 15.1. The molecule has 16 nitrogen and oxygen atoms in total. The summed E-state index contributed by atoms with van der Waals surface area (Å²) in [4.78, 5) is 106. The van der Waals surface area contributed by atoms with Gasteiger partial charge < -0.3 is 41.7 Å². The van der Waals surface area contributed by atoms with Crippen LogP contribution in [0, 0.1) is 29.2 Å². The van der Waals surface area contributed by atoms with Crippen molar-refractivity contribution in [2.24, 2.45) is 11.7 Å². The number of benzene rings is 2. The van der Waals surface area contributed by atoms with Gasteiger partial charge in [-0.1, -0.05) is 62.9 Å². The van der Waals surface area contributed by atoms with Gasteiger partial charge in [0.2, 0.25) is 29.4 Å². The van der Waals surface area contributed by atoms with Crippen LogP contribution in [0.25, 0.3) is 0 Å². The molecule has 1 aliphatic carbocycles. The summed E-state index contributed by atoms with van der Waals surface area (Å²) in [5.74, 6) is -20.2. The second kappa shape index (κ2) is 20.6. The minimum atomic E-state index is -2.46. The number of nitrogens with zero attached hydrogens (tertiary/aromatic N) is 1. The topological polar surface area (TPSA) is 243 Å². The average Bonchev–Trinajstić information content (AvgIpc) is 3.63. The maximum atomic E-state index is 15.1. The second-order valence-corrected chi connectivity index (χ2v) is 16.0. The van der Waals surface area contributed by atoms with Gasteiger partial charge in [-0.3, -0.25) is 33.6 Å². The Bertz CT molecular complexity index is 2030. The van der Waals surface area contributed by atoms with Crippen molar-refractivity contribution in [3.05, 3.63) is 70.3 Å². The molecule has 20 heteroatoms. The highest BCUT2D eigenvalue weighted by atomic mass is 19.2. The van der Waals surface area contributed by atoms with Crippen molar-refractivity contribution in [3.8, 4) is 0 Å². The van der Waals surface area contributed by atoms with Crippen LogP contribution in [-0.4, -0.2) is 100 Å². The standard InChI is InChI=1S/C41H50F4N6O10/c1-5-12-23(34(53)38(57)47-18-25(52)49-32(35(46)54)20-13-8-6-9-14-20)48-36(55)24-17-22(61-41(2,3)4)19-51(24)39(58)33(21-15-10-7-11-16-21)50-37(56)26-27(40(59)60)29(43)31(45)30(44)28(26)42/h6,8-9,13-14,21-24,32-33H,5,7,10-12,15-19H2,1-4H3,(H2,46,54)(H,47,57)(H,48,55)(H,49,52)(H,50,56)(H,59,60). The fraction of sp³-hybridized carbons (Fsp3) is 0.512. The molecule has 0 spiro atoms. The van der Waals surface area contributed by atoms with Crippen molar-refractivity contribution >= 4 is 47.2 Å². The van der Waals surface area contributed by atoms with E-state index in [9.17, 15) is 56.6 Å². The molecule has 0 aromatic heterocycles. The number of hydrogen-bond donors (Lipinski definition) is 6. The number of halogens is 4.